The zero-order valence-corrected chi connectivity index (χ0v) is 13.2. The van der Waals surface area contributed by atoms with Crippen LogP contribution in [0.25, 0.3) is 0 Å². The van der Waals surface area contributed by atoms with Crippen molar-refractivity contribution in [2.45, 2.75) is 32.1 Å². The van der Waals surface area contributed by atoms with Crippen molar-refractivity contribution in [3.05, 3.63) is 29.6 Å². The zero-order valence-electron chi connectivity index (χ0n) is 12.3. The first-order chi connectivity index (χ1) is 9.73. The van der Waals surface area contributed by atoms with E-state index in [4.69, 9.17) is 5.11 Å². The van der Waals surface area contributed by atoms with Gasteiger partial charge in [-0.25, -0.2) is 17.6 Å². The first-order valence-electron chi connectivity index (χ1n) is 6.77. The van der Waals surface area contributed by atoms with Crippen molar-refractivity contribution < 1.29 is 22.7 Å². The summed E-state index contributed by atoms with van der Waals surface area (Å²) in [5.41, 5.74) is -0.643. The third kappa shape index (κ3) is 4.01. The van der Waals surface area contributed by atoms with E-state index in [9.17, 15) is 17.6 Å². The van der Waals surface area contributed by atoms with Crippen LogP contribution in [0, 0.1) is 11.7 Å². The fourth-order valence-electron chi connectivity index (χ4n) is 1.85. The predicted molar refractivity (Wildman–Crippen MR) is 77.2 cm³/mol. The second-order valence-corrected chi connectivity index (χ2v) is 6.85. The number of halogens is 1. The van der Waals surface area contributed by atoms with Crippen LogP contribution < -0.4 is 0 Å². The molecule has 0 spiro atoms. The van der Waals surface area contributed by atoms with Gasteiger partial charge in [-0.15, -0.1) is 0 Å². The molecule has 0 heterocycles. The molecule has 0 radical (unpaired) electrons. The number of sulfonamides is 1. The highest BCUT2D eigenvalue weighted by molar-refractivity contribution is 7.89. The summed E-state index contributed by atoms with van der Waals surface area (Å²) >= 11 is 0. The number of carbonyl (C=O) groups is 1. The summed E-state index contributed by atoms with van der Waals surface area (Å²) in [6.07, 6.45) is 0.829. The Morgan fingerprint density at radius 3 is 2.48 bits per heavy atom. The molecule has 0 bridgehead atoms. The molecule has 0 fully saturated rings. The normalized spacial score (nSPS) is 13.4. The molecule has 118 valence electrons. The van der Waals surface area contributed by atoms with Crippen LogP contribution in [-0.2, 0) is 10.0 Å². The van der Waals surface area contributed by atoms with Gasteiger partial charge in [-0.3, -0.25) is 0 Å². The van der Waals surface area contributed by atoms with Crippen LogP contribution in [0.5, 0.6) is 0 Å². The van der Waals surface area contributed by atoms with Gasteiger partial charge < -0.3 is 5.11 Å². The predicted octanol–water partition coefficient (Wildman–Crippen LogP) is 2.58. The Kier molecular flexibility index (Phi) is 5.86. The molecule has 1 atom stereocenters. The third-order valence-electron chi connectivity index (χ3n) is 3.37. The molecule has 0 amide bonds. The summed E-state index contributed by atoms with van der Waals surface area (Å²) in [4.78, 5) is 10.7. The average Bonchev–Trinajstić information content (AvgIpc) is 2.43. The summed E-state index contributed by atoms with van der Waals surface area (Å²) in [6, 6.07) is 2.83. The number of aromatic carboxylic acids is 1. The van der Waals surface area contributed by atoms with Gasteiger partial charge in [0.1, 0.15) is 5.82 Å². The summed E-state index contributed by atoms with van der Waals surface area (Å²) in [7, 11) is -3.83. The third-order valence-corrected chi connectivity index (χ3v) is 5.31. The van der Waals surface area contributed by atoms with Gasteiger partial charge in [0.25, 0.3) is 0 Å². The fraction of sp³-hybridized carbons (Fsp3) is 0.500. The molecule has 1 rings (SSSR count). The minimum absolute atomic E-state index is 0.180. The monoisotopic (exact) mass is 317 g/mol. The maximum Gasteiger partial charge on any atom is 0.338 e. The minimum Gasteiger partial charge on any atom is -0.478 e. The lowest BCUT2D eigenvalue weighted by Crippen LogP contribution is -2.34. The van der Waals surface area contributed by atoms with E-state index in [0.29, 0.717) is 6.54 Å². The van der Waals surface area contributed by atoms with Gasteiger partial charge in [0.15, 0.2) is 0 Å². The second kappa shape index (κ2) is 7.00. The molecule has 7 heteroatoms. The van der Waals surface area contributed by atoms with Crippen molar-refractivity contribution in [3.63, 3.8) is 0 Å². The first kappa shape index (κ1) is 17.6. The lowest BCUT2D eigenvalue weighted by Gasteiger charge is -2.23. The van der Waals surface area contributed by atoms with Crippen molar-refractivity contribution in [2.75, 3.05) is 13.1 Å². The van der Waals surface area contributed by atoms with Crippen molar-refractivity contribution in [1.29, 1.82) is 0 Å². The van der Waals surface area contributed by atoms with Gasteiger partial charge in [-0.05, 0) is 24.1 Å². The standard InChI is InChI=1S/C14H20FNO4S/c1-4-10(3)9-16(5-2)21(19,20)11-6-7-13(15)12(8-11)14(17)18/h6-8,10H,4-5,9H2,1-3H3,(H,17,18). The van der Waals surface area contributed by atoms with Crippen molar-refractivity contribution in [1.82, 2.24) is 4.31 Å². The van der Waals surface area contributed by atoms with E-state index in [0.717, 1.165) is 24.6 Å². The Bertz CT molecular complexity index is 615. The number of nitrogens with zero attached hydrogens (tertiary/aromatic N) is 1. The lowest BCUT2D eigenvalue weighted by molar-refractivity contribution is 0.0691. The van der Waals surface area contributed by atoms with Crippen LogP contribution in [0.3, 0.4) is 0 Å². The van der Waals surface area contributed by atoms with Gasteiger partial charge in [0, 0.05) is 13.1 Å². The smallest absolute Gasteiger partial charge is 0.338 e. The summed E-state index contributed by atoms with van der Waals surface area (Å²) in [6.45, 7) is 6.22. The summed E-state index contributed by atoms with van der Waals surface area (Å²) in [5, 5.41) is 8.89. The topological polar surface area (TPSA) is 74.7 Å². The van der Waals surface area contributed by atoms with Crippen LogP contribution in [0.15, 0.2) is 23.1 Å². The SMILES string of the molecule is CCC(C)CN(CC)S(=O)(=O)c1ccc(F)c(C(=O)O)c1. The molecule has 1 unspecified atom stereocenters. The van der Waals surface area contributed by atoms with E-state index in [-0.39, 0.29) is 17.4 Å². The highest BCUT2D eigenvalue weighted by Crippen LogP contribution is 2.20. The quantitative estimate of drug-likeness (QED) is 0.839. The van der Waals surface area contributed by atoms with E-state index in [1.54, 1.807) is 6.92 Å². The van der Waals surface area contributed by atoms with E-state index in [2.05, 4.69) is 0 Å². The minimum atomic E-state index is -3.83. The molecular formula is C14H20FNO4S. The molecule has 1 N–H and O–H groups in total. The molecule has 1 aromatic carbocycles. The molecule has 0 aromatic heterocycles. The molecule has 0 saturated carbocycles. The lowest BCUT2D eigenvalue weighted by atomic mass is 10.1. The molecule has 0 saturated heterocycles. The largest absolute Gasteiger partial charge is 0.478 e. The molecule has 21 heavy (non-hydrogen) atoms. The fourth-order valence-corrected chi connectivity index (χ4v) is 3.45. The van der Waals surface area contributed by atoms with Gasteiger partial charge in [0.05, 0.1) is 10.5 Å². The van der Waals surface area contributed by atoms with Gasteiger partial charge in [0.2, 0.25) is 10.0 Å². The number of rotatable bonds is 7. The van der Waals surface area contributed by atoms with E-state index in [1.165, 1.54) is 4.31 Å². The number of hydrogen-bond donors (Lipinski definition) is 1. The van der Waals surface area contributed by atoms with Crippen molar-refractivity contribution in [2.24, 2.45) is 5.92 Å². The van der Waals surface area contributed by atoms with E-state index < -0.39 is 27.4 Å². The Morgan fingerprint density at radius 2 is 2.00 bits per heavy atom. The van der Waals surface area contributed by atoms with Gasteiger partial charge in [-0.1, -0.05) is 27.2 Å². The van der Waals surface area contributed by atoms with Crippen molar-refractivity contribution >= 4 is 16.0 Å². The number of carboxylic acids is 1. The molecule has 0 aliphatic heterocycles. The van der Waals surface area contributed by atoms with Gasteiger partial charge >= 0.3 is 5.97 Å². The highest BCUT2D eigenvalue weighted by atomic mass is 32.2. The number of carboxylic acid groups (broad SMARTS) is 1. The van der Waals surface area contributed by atoms with Crippen LogP contribution in [0.2, 0.25) is 0 Å². The maximum atomic E-state index is 13.4. The first-order valence-corrected chi connectivity index (χ1v) is 8.21. The van der Waals surface area contributed by atoms with E-state index in [1.807, 2.05) is 13.8 Å². The Hall–Kier alpha value is -1.47. The van der Waals surface area contributed by atoms with Crippen LogP contribution >= 0.6 is 0 Å². The molecular weight excluding hydrogens is 297 g/mol. The number of hydrogen-bond acceptors (Lipinski definition) is 3. The average molecular weight is 317 g/mol. The second-order valence-electron chi connectivity index (χ2n) is 4.92. The number of benzene rings is 1. The molecule has 5 nitrogen and oxygen atoms in total. The molecule has 1 aromatic rings. The highest BCUT2D eigenvalue weighted by Gasteiger charge is 2.26. The van der Waals surface area contributed by atoms with Crippen LogP contribution in [0.1, 0.15) is 37.6 Å². The van der Waals surface area contributed by atoms with Crippen LogP contribution in [-0.4, -0.2) is 36.9 Å². The Balaban J connectivity index is 3.23. The Labute approximate surface area is 124 Å². The summed E-state index contributed by atoms with van der Waals surface area (Å²) in [5.74, 6) is -2.26. The maximum absolute atomic E-state index is 13.4. The van der Waals surface area contributed by atoms with Crippen LogP contribution in [0.4, 0.5) is 4.39 Å². The Morgan fingerprint density at radius 1 is 1.38 bits per heavy atom. The molecule has 0 aliphatic rings. The van der Waals surface area contributed by atoms with Crippen molar-refractivity contribution in [3.8, 4) is 0 Å². The molecule has 0 aliphatic carbocycles. The van der Waals surface area contributed by atoms with E-state index >= 15 is 0 Å². The summed E-state index contributed by atoms with van der Waals surface area (Å²) < 4.78 is 39.7. The van der Waals surface area contributed by atoms with Gasteiger partial charge in [-0.2, -0.15) is 4.31 Å². The zero-order chi connectivity index (χ0) is 16.2.